The first-order valence-electron chi connectivity index (χ1n) is 8.92. The molecule has 0 nitrogen and oxygen atoms in total. The smallest absolute Gasteiger partial charge is 0.0583 e. The van der Waals surface area contributed by atoms with Gasteiger partial charge in [0.2, 0.25) is 0 Å². The minimum atomic E-state index is 0.318. The van der Waals surface area contributed by atoms with Crippen molar-refractivity contribution in [2.24, 2.45) is 5.92 Å². The van der Waals surface area contributed by atoms with Gasteiger partial charge in [-0.3, -0.25) is 0 Å². The average Bonchev–Trinajstić information content (AvgIpc) is 3.11. The zero-order chi connectivity index (χ0) is 17.8. The molecule has 0 aromatic heterocycles. The third-order valence-electron chi connectivity index (χ3n) is 5.08. The van der Waals surface area contributed by atoms with E-state index < -0.39 is 0 Å². The Balaban J connectivity index is 1.88. The molecule has 0 aliphatic heterocycles. The minimum absolute atomic E-state index is 0.318. The van der Waals surface area contributed by atoms with Gasteiger partial charge in [-0.05, 0) is 73.6 Å². The lowest BCUT2D eigenvalue weighted by atomic mass is 9.83. The molecule has 1 atom stereocenters. The van der Waals surface area contributed by atoms with Gasteiger partial charge in [-0.15, -0.1) is 0 Å². The summed E-state index contributed by atoms with van der Waals surface area (Å²) in [5.41, 5.74) is 4.93. The fourth-order valence-corrected chi connectivity index (χ4v) is 4.52. The molecule has 1 aromatic carbocycles. The monoisotopic (exact) mass is 392 g/mol. The van der Waals surface area contributed by atoms with Gasteiger partial charge in [0.1, 0.15) is 0 Å². The van der Waals surface area contributed by atoms with Gasteiger partial charge in [0.25, 0.3) is 0 Å². The van der Waals surface area contributed by atoms with Crippen LogP contribution < -0.4 is 0 Å². The van der Waals surface area contributed by atoms with Crippen LogP contribution in [-0.2, 0) is 6.42 Å². The summed E-state index contributed by atoms with van der Waals surface area (Å²) in [5, 5.41) is 2.33. The van der Waals surface area contributed by atoms with Gasteiger partial charge in [-0.2, -0.15) is 0 Å². The van der Waals surface area contributed by atoms with Crippen molar-refractivity contribution in [3.8, 4) is 0 Å². The van der Waals surface area contributed by atoms with Crippen molar-refractivity contribution >= 4 is 40.9 Å². The molecule has 132 valence electrons. The van der Waals surface area contributed by atoms with Crippen molar-refractivity contribution in [1.29, 1.82) is 0 Å². The summed E-state index contributed by atoms with van der Waals surface area (Å²) in [6, 6.07) is 6.16. The zero-order valence-corrected chi connectivity index (χ0v) is 16.6. The fraction of sp³-hybridized carbons (Fsp3) is 0.364. The van der Waals surface area contributed by atoms with Crippen LogP contribution in [0.1, 0.15) is 49.7 Å². The number of hydrogen-bond donors (Lipinski definition) is 0. The molecule has 0 bridgehead atoms. The molecule has 0 heterocycles. The van der Waals surface area contributed by atoms with Gasteiger partial charge in [0, 0.05) is 10.1 Å². The second kappa shape index (κ2) is 8.62. The Morgan fingerprint density at radius 2 is 1.88 bits per heavy atom. The van der Waals surface area contributed by atoms with Gasteiger partial charge in [0.05, 0.1) is 5.03 Å². The Kier molecular flexibility index (Phi) is 6.49. The lowest BCUT2D eigenvalue weighted by Crippen LogP contribution is -2.12. The van der Waals surface area contributed by atoms with Crippen molar-refractivity contribution in [1.82, 2.24) is 0 Å². The molecule has 0 radical (unpaired) electrons. The van der Waals surface area contributed by atoms with Crippen molar-refractivity contribution in [3.63, 3.8) is 0 Å². The molecular formula is C22H23Cl3. The molecule has 0 fully saturated rings. The second-order valence-corrected chi connectivity index (χ2v) is 8.07. The van der Waals surface area contributed by atoms with Gasteiger partial charge in [-0.1, -0.05) is 77.3 Å². The molecule has 2 aliphatic carbocycles. The predicted octanol–water partition coefficient (Wildman–Crippen LogP) is 8.05. The summed E-state index contributed by atoms with van der Waals surface area (Å²) in [6.45, 7) is 3.81. The molecule has 2 aliphatic rings. The van der Waals surface area contributed by atoms with Crippen molar-refractivity contribution in [2.75, 3.05) is 0 Å². The van der Waals surface area contributed by atoms with Crippen LogP contribution in [0.3, 0.4) is 0 Å². The number of allylic oxidation sites excluding steroid dienone is 6. The van der Waals surface area contributed by atoms with Gasteiger partial charge >= 0.3 is 0 Å². The highest BCUT2D eigenvalue weighted by atomic mass is 35.5. The van der Waals surface area contributed by atoms with Crippen LogP contribution in [0.4, 0.5) is 0 Å². The van der Waals surface area contributed by atoms with Crippen molar-refractivity contribution in [3.05, 3.63) is 74.3 Å². The SMILES string of the molecule is C=Cc1ccc(CC(CC2=CCCC2)C2=CCCC(Cl)=C2Cl)c(Cl)c1. The molecule has 0 saturated heterocycles. The topological polar surface area (TPSA) is 0 Å². The van der Waals surface area contributed by atoms with Crippen LogP contribution in [0.2, 0.25) is 5.02 Å². The van der Waals surface area contributed by atoms with Crippen molar-refractivity contribution < 1.29 is 0 Å². The maximum absolute atomic E-state index is 6.58. The van der Waals surface area contributed by atoms with Gasteiger partial charge in [-0.25, -0.2) is 0 Å². The van der Waals surface area contributed by atoms with Gasteiger partial charge in [0.15, 0.2) is 0 Å². The van der Waals surface area contributed by atoms with E-state index in [9.17, 15) is 0 Å². The minimum Gasteiger partial charge on any atom is -0.0985 e. The van der Waals surface area contributed by atoms with Gasteiger partial charge < -0.3 is 0 Å². The summed E-state index contributed by atoms with van der Waals surface area (Å²) in [5.74, 6) is 0.318. The highest BCUT2D eigenvalue weighted by Gasteiger charge is 2.24. The highest BCUT2D eigenvalue weighted by molar-refractivity contribution is 6.40. The van der Waals surface area contributed by atoms with Crippen LogP contribution in [0.15, 0.2) is 58.1 Å². The standard InChI is InChI=1S/C22H23Cl3/c1-2-15-10-11-17(21(24)13-15)14-18(12-16-6-3-4-7-16)19-8-5-9-20(23)22(19)25/h2,6,8,10-11,13,18H,1,3-5,7,9,12,14H2. The largest absolute Gasteiger partial charge is 0.0985 e. The van der Waals surface area contributed by atoms with Crippen LogP contribution >= 0.6 is 34.8 Å². The molecule has 3 heteroatoms. The first kappa shape index (κ1) is 18.8. The Bertz CT molecular complexity index is 753. The van der Waals surface area contributed by atoms with E-state index in [1.165, 1.54) is 30.4 Å². The fourth-order valence-electron chi connectivity index (χ4n) is 3.71. The van der Waals surface area contributed by atoms with E-state index in [1.54, 1.807) is 0 Å². The molecular weight excluding hydrogens is 371 g/mol. The molecule has 0 amide bonds. The Hall–Kier alpha value is -0.950. The molecule has 3 rings (SSSR count). The van der Waals surface area contributed by atoms with E-state index in [-0.39, 0.29) is 0 Å². The summed E-state index contributed by atoms with van der Waals surface area (Å²) in [6.07, 6.45) is 13.8. The van der Waals surface area contributed by atoms with E-state index in [0.717, 1.165) is 51.9 Å². The quantitative estimate of drug-likeness (QED) is 0.429. The van der Waals surface area contributed by atoms with E-state index in [4.69, 9.17) is 34.8 Å². The maximum atomic E-state index is 6.58. The molecule has 0 spiro atoms. The molecule has 1 aromatic rings. The van der Waals surface area contributed by atoms with Crippen LogP contribution in [0.25, 0.3) is 6.08 Å². The first-order valence-corrected chi connectivity index (χ1v) is 10.0. The van der Waals surface area contributed by atoms with E-state index in [0.29, 0.717) is 5.92 Å². The number of rotatable bonds is 6. The molecule has 0 N–H and O–H groups in total. The number of benzene rings is 1. The summed E-state index contributed by atoms with van der Waals surface area (Å²) < 4.78 is 0. The summed E-state index contributed by atoms with van der Waals surface area (Å²) in [4.78, 5) is 0. The predicted molar refractivity (Wildman–Crippen MR) is 111 cm³/mol. The van der Waals surface area contributed by atoms with E-state index in [1.807, 2.05) is 12.1 Å². The number of hydrogen-bond acceptors (Lipinski definition) is 0. The normalized spacial score (nSPS) is 18.8. The lowest BCUT2D eigenvalue weighted by Gasteiger charge is -2.25. The maximum Gasteiger partial charge on any atom is 0.0583 e. The first-order chi connectivity index (χ1) is 12.1. The average molecular weight is 394 g/mol. The highest BCUT2D eigenvalue weighted by Crippen LogP contribution is 2.40. The van der Waals surface area contributed by atoms with Crippen molar-refractivity contribution in [2.45, 2.75) is 44.9 Å². The molecule has 0 saturated carbocycles. The molecule has 1 unspecified atom stereocenters. The van der Waals surface area contributed by atoms with E-state index in [2.05, 4.69) is 30.9 Å². The third kappa shape index (κ3) is 4.61. The Morgan fingerprint density at radius 3 is 2.56 bits per heavy atom. The zero-order valence-electron chi connectivity index (χ0n) is 14.3. The summed E-state index contributed by atoms with van der Waals surface area (Å²) in [7, 11) is 0. The van der Waals surface area contributed by atoms with E-state index >= 15 is 0 Å². The third-order valence-corrected chi connectivity index (χ3v) is 6.36. The van der Waals surface area contributed by atoms with Crippen LogP contribution in [0, 0.1) is 5.92 Å². The second-order valence-electron chi connectivity index (χ2n) is 6.83. The number of halogens is 3. The lowest BCUT2D eigenvalue weighted by molar-refractivity contribution is 0.597. The van der Waals surface area contributed by atoms with Crippen LogP contribution in [-0.4, -0.2) is 0 Å². The Morgan fingerprint density at radius 1 is 1.04 bits per heavy atom. The Labute approximate surface area is 165 Å². The van der Waals surface area contributed by atoms with Crippen LogP contribution in [0.5, 0.6) is 0 Å². The molecule has 25 heavy (non-hydrogen) atoms. The summed E-state index contributed by atoms with van der Waals surface area (Å²) >= 11 is 19.5.